The lowest BCUT2D eigenvalue weighted by Gasteiger charge is -2.24. The van der Waals surface area contributed by atoms with Gasteiger partial charge in [0.25, 0.3) is 5.91 Å². The van der Waals surface area contributed by atoms with Crippen molar-refractivity contribution in [1.29, 1.82) is 0 Å². The minimum absolute atomic E-state index is 0. The zero-order valence-corrected chi connectivity index (χ0v) is 14.1. The second-order valence-electron chi connectivity index (χ2n) is 6.25. The van der Waals surface area contributed by atoms with Gasteiger partial charge in [0.05, 0.1) is 6.26 Å². The second-order valence-corrected chi connectivity index (χ2v) is 6.25. The Balaban J connectivity index is 0.00000192. The van der Waals surface area contributed by atoms with Crippen molar-refractivity contribution in [2.24, 2.45) is 11.8 Å². The SMILES string of the molecule is CC(NC(=O)c1ccco1)C(=O)N1CC[C@@H]2CNC[C@@H]2CC1.Cl. The number of carbonyl (C=O) groups excluding carboxylic acids is 2. The van der Waals surface area contributed by atoms with Crippen LogP contribution in [0.25, 0.3) is 0 Å². The highest BCUT2D eigenvalue weighted by Crippen LogP contribution is 2.27. The van der Waals surface area contributed by atoms with Gasteiger partial charge in [-0.2, -0.15) is 0 Å². The number of furan rings is 1. The Kier molecular flexibility index (Phi) is 6.07. The second kappa shape index (κ2) is 7.84. The van der Waals surface area contributed by atoms with Crippen molar-refractivity contribution in [2.45, 2.75) is 25.8 Å². The molecule has 0 radical (unpaired) electrons. The molecule has 2 saturated heterocycles. The molecule has 1 aromatic rings. The molecule has 2 amide bonds. The average molecular weight is 342 g/mol. The number of rotatable bonds is 3. The normalized spacial score (nSPS) is 25.0. The van der Waals surface area contributed by atoms with Gasteiger partial charge in [0.1, 0.15) is 6.04 Å². The standard InChI is InChI=1S/C16H23N3O3.ClH/c1-11(18-15(20)14-3-2-8-22-14)16(21)19-6-4-12-9-17-10-13(12)5-7-19;/h2-3,8,11-13,17H,4-7,9-10H2,1H3,(H,18,20);1H/t11?,12-,13+;. The summed E-state index contributed by atoms with van der Waals surface area (Å²) in [5, 5.41) is 6.14. The minimum atomic E-state index is -0.534. The van der Waals surface area contributed by atoms with E-state index in [1.807, 2.05) is 4.90 Å². The van der Waals surface area contributed by atoms with Crippen LogP contribution in [0.5, 0.6) is 0 Å². The fourth-order valence-electron chi connectivity index (χ4n) is 3.45. The van der Waals surface area contributed by atoms with Crippen LogP contribution in [0, 0.1) is 11.8 Å². The Morgan fingerprint density at radius 3 is 2.52 bits per heavy atom. The third kappa shape index (κ3) is 4.06. The lowest BCUT2D eigenvalue weighted by molar-refractivity contribution is -0.132. The molecule has 0 aromatic carbocycles. The third-order valence-corrected chi connectivity index (χ3v) is 4.79. The number of halogens is 1. The predicted molar refractivity (Wildman–Crippen MR) is 88.5 cm³/mol. The maximum absolute atomic E-state index is 12.5. The number of hydrogen-bond donors (Lipinski definition) is 2. The molecule has 2 aliphatic rings. The van der Waals surface area contributed by atoms with Gasteiger partial charge in [-0.1, -0.05) is 0 Å². The van der Waals surface area contributed by atoms with E-state index < -0.39 is 6.04 Å². The first-order chi connectivity index (χ1) is 10.6. The molecule has 1 aromatic heterocycles. The van der Waals surface area contributed by atoms with Crippen LogP contribution in [0.3, 0.4) is 0 Å². The molecule has 0 spiro atoms. The van der Waals surface area contributed by atoms with Gasteiger partial charge in [0, 0.05) is 13.1 Å². The monoisotopic (exact) mass is 341 g/mol. The molecule has 0 bridgehead atoms. The molecular formula is C16H24ClN3O3. The van der Waals surface area contributed by atoms with E-state index in [0.717, 1.165) is 39.0 Å². The number of nitrogens with one attached hydrogen (secondary N) is 2. The van der Waals surface area contributed by atoms with Gasteiger partial charge >= 0.3 is 0 Å². The molecule has 23 heavy (non-hydrogen) atoms. The highest BCUT2D eigenvalue weighted by atomic mass is 35.5. The van der Waals surface area contributed by atoms with Crippen molar-refractivity contribution < 1.29 is 14.0 Å². The first-order valence-corrected chi connectivity index (χ1v) is 7.99. The quantitative estimate of drug-likeness (QED) is 0.868. The van der Waals surface area contributed by atoms with Crippen LogP contribution in [0.15, 0.2) is 22.8 Å². The molecule has 128 valence electrons. The van der Waals surface area contributed by atoms with E-state index in [2.05, 4.69) is 10.6 Å². The molecule has 3 atom stereocenters. The van der Waals surface area contributed by atoms with Gasteiger partial charge in [0.2, 0.25) is 5.91 Å². The van der Waals surface area contributed by atoms with Crippen molar-refractivity contribution in [3.63, 3.8) is 0 Å². The van der Waals surface area contributed by atoms with Crippen molar-refractivity contribution in [3.05, 3.63) is 24.2 Å². The molecule has 7 heteroatoms. The number of likely N-dealkylation sites (tertiary alicyclic amines) is 1. The van der Waals surface area contributed by atoms with Crippen LogP contribution in [0.2, 0.25) is 0 Å². The van der Waals surface area contributed by atoms with Crippen molar-refractivity contribution in [1.82, 2.24) is 15.5 Å². The number of amides is 2. The van der Waals surface area contributed by atoms with Gasteiger partial charge in [-0.15, -0.1) is 12.4 Å². The summed E-state index contributed by atoms with van der Waals surface area (Å²) in [5.41, 5.74) is 0. The molecule has 1 unspecified atom stereocenters. The number of nitrogens with zero attached hydrogens (tertiary/aromatic N) is 1. The smallest absolute Gasteiger partial charge is 0.287 e. The van der Waals surface area contributed by atoms with Gasteiger partial charge < -0.3 is 20.0 Å². The summed E-state index contributed by atoms with van der Waals surface area (Å²) < 4.78 is 5.05. The van der Waals surface area contributed by atoms with E-state index in [-0.39, 0.29) is 30.0 Å². The first-order valence-electron chi connectivity index (χ1n) is 7.99. The van der Waals surface area contributed by atoms with Crippen molar-refractivity contribution in [3.8, 4) is 0 Å². The van der Waals surface area contributed by atoms with E-state index in [1.54, 1.807) is 19.1 Å². The zero-order valence-electron chi connectivity index (χ0n) is 13.3. The van der Waals surface area contributed by atoms with Crippen molar-refractivity contribution in [2.75, 3.05) is 26.2 Å². The van der Waals surface area contributed by atoms with Crippen LogP contribution in [-0.2, 0) is 4.79 Å². The lowest BCUT2D eigenvalue weighted by Crippen LogP contribution is -2.47. The number of fused-ring (bicyclic) bond motifs is 1. The van der Waals surface area contributed by atoms with Gasteiger partial charge in [-0.3, -0.25) is 9.59 Å². The largest absolute Gasteiger partial charge is 0.459 e. The topological polar surface area (TPSA) is 74.6 Å². The minimum Gasteiger partial charge on any atom is -0.459 e. The zero-order chi connectivity index (χ0) is 15.5. The molecular weight excluding hydrogens is 318 g/mol. The van der Waals surface area contributed by atoms with E-state index >= 15 is 0 Å². The van der Waals surface area contributed by atoms with E-state index in [4.69, 9.17) is 4.42 Å². The predicted octanol–water partition coefficient (Wildman–Crippen LogP) is 1.28. The van der Waals surface area contributed by atoms with E-state index in [1.165, 1.54) is 6.26 Å². The maximum atomic E-state index is 12.5. The fraction of sp³-hybridized carbons (Fsp3) is 0.625. The van der Waals surface area contributed by atoms with Crippen LogP contribution < -0.4 is 10.6 Å². The summed E-state index contributed by atoms with van der Waals surface area (Å²) in [6, 6.07) is 2.71. The number of carbonyl (C=O) groups is 2. The van der Waals surface area contributed by atoms with Crippen LogP contribution in [0.4, 0.5) is 0 Å². The Bertz CT molecular complexity index is 521. The molecule has 3 rings (SSSR count). The maximum Gasteiger partial charge on any atom is 0.287 e. The Morgan fingerprint density at radius 2 is 1.96 bits per heavy atom. The number of hydrogen-bond acceptors (Lipinski definition) is 4. The van der Waals surface area contributed by atoms with E-state index in [0.29, 0.717) is 11.8 Å². The van der Waals surface area contributed by atoms with Crippen LogP contribution in [-0.4, -0.2) is 48.9 Å². The highest BCUT2D eigenvalue weighted by Gasteiger charge is 2.32. The van der Waals surface area contributed by atoms with Gasteiger partial charge in [-0.25, -0.2) is 0 Å². The van der Waals surface area contributed by atoms with Crippen LogP contribution in [0.1, 0.15) is 30.3 Å². The summed E-state index contributed by atoms with van der Waals surface area (Å²) in [7, 11) is 0. The lowest BCUT2D eigenvalue weighted by atomic mass is 9.92. The molecule has 0 saturated carbocycles. The molecule has 3 heterocycles. The molecule has 2 fully saturated rings. The Labute approximate surface area is 142 Å². The fourth-order valence-corrected chi connectivity index (χ4v) is 3.45. The third-order valence-electron chi connectivity index (χ3n) is 4.79. The summed E-state index contributed by atoms with van der Waals surface area (Å²) in [4.78, 5) is 26.4. The summed E-state index contributed by atoms with van der Waals surface area (Å²) in [6.45, 7) is 5.43. The summed E-state index contributed by atoms with van der Waals surface area (Å²) >= 11 is 0. The Hall–Kier alpha value is -1.53. The summed E-state index contributed by atoms with van der Waals surface area (Å²) in [6.07, 6.45) is 3.54. The van der Waals surface area contributed by atoms with Gasteiger partial charge in [-0.05, 0) is 56.8 Å². The van der Waals surface area contributed by atoms with Gasteiger partial charge in [0.15, 0.2) is 5.76 Å². The summed E-state index contributed by atoms with van der Waals surface area (Å²) in [5.74, 6) is 1.25. The molecule has 6 nitrogen and oxygen atoms in total. The molecule has 2 aliphatic heterocycles. The van der Waals surface area contributed by atoms with Crippen molar-refractivity contribution >= 4 is 24.2 Å². The molecule has 2 N–H and O–H groups in total. The van der Waals surface area contributed by atoms with E-state index in [9.17, 15) is 9.59 Å². The van der Waals surface area contributed by atoms with Crippen LogP contribution >= 0.6 is 12.4 Å². The average Bonchev–Trinajstić information content (AvgIpc) is 3.15. The Morgan fingerprint density at radius 1 is 1.30 bits per heavy atom. The molecule has 0 aliphatic carbocycles. The highest BCUT2D eigenvalue weighted by molar-refractivity contribution is 5.95. The first kappa shape index (κ1) is 17.8.